The fraction of sp³-hybridized carbons (Fsp3) is 0.286. The second-order valence-electron chi connectivity index (χ2n) is 6.54. The average molecular weight is 430 g/mol. The minimum absolute atomic E-state index is 0.0800. The summed E-state index contributed by atoms with van der Waals surface area (Å²) in [5, 5.41) is 18.7. The van der Waals surface area contributed by atoms with Crippen molar-refractivity contribution in [2.75, 3.05) is 13.7 Å². The number of nitrogens with zero attached hydrogens (tertiary/aromatic N) is 2. The number of carbonyl (C=O) groups excluding carboxylic acids is 2. The molecule has 0 fully saturated rings. The van der Waals surface area contributed by atoms with Gasteiger partial charge in [0.05, 0.1) is 0 Å². The molecule has 1 heterocycles. The first-order chi connectivity index (χ1) is 14.7. The van der Waals surface area contributed by atoms with Crippen molar-refractivity contribution in [1.29, 1.82) is 0 Å². The molecule has 2 rings (SSSR count). The number of para-hydroxylation sites is 2. The lowest BCUT2D eigenvalue weighted by molar-refractivity contribution is -0.183. The second kappa shape index (κ2) is 10.2. The minimum Gasteiger partial charge on any atom is -0.479 e. The summed E-state index contributed by atoms with van der Waals surface area (Å²) in [5.74, 6) is -4.84. The van der Waals surface area contributed by atoms with Crippen LogP contribution in [0.2, 0.25) is 0 Å². The number of aliphatic carboxylic acids is 2. The van der Waals surface area contributed by atoms with Crippen molar-refractivity contribution >= 4 is 23.6 Å². The summed E-state index contributed by atoms with van der Waals surface area (Å²) in [6.45, 7) is 0.280. The minimum atomic E-state index is -2.67. The Morgan fingerprint density at radius 3 is 2.19 bits per heavy atom. The highest BCUT2D eigenvalue weighted by atomic mass is 16.6. The number of amides is 1. The van der Waals surface area contributed by atoms with Gasteiger partial charge >= 0.3 is 17.7 Å². The molecule has 1 atom stereocenters. The zero-order chi connectivity index (χ0) is 23.0. The van der Waals surface area contributed by atoms with Gasteiger partial charge in [0.25, 0.3) is 0 Å². The second-order valence-corrected chi connectivity index (χ2v) is 6.54. The van der Waals surface area contributed by atoms with E-state index in [0.717, 1.165) is 24.4 Å². The average Bonchev–Trinajstić information content (AvgIpc) is 2.74. The largest absolute Gasteiger partial charge is 0.479 e. The number of ketones is 1. The third-order valence-electron chi connectivity index (χ3n) is 4.45. The number of hydrogen-bond donors (Lipinski definition) is 2. The molecule has 31 heavy (non-hydrogen) atoms. The Labute approximate surface area is 178 Å². The van der Waals surface area contributed by atoms with Gasteiger partial charge in [0.15, 0.2) is 18.1 Å². The molecule has 0 spiro atoms. The quantitative estimate of drug-likeness (QED) is 0.399. The fourth-order valence-corrected chi connectivity index (χ4v) is 2.81. The molecule has 0 saturated heterocycles. The van der Waals surface area contributed by atoms with E-state index in [9.17, 15) is 24.3 Å². The molecule has 0 saturated carbocycles. The van der Waals surface area contributed by atoms with Crippen LogP contribution in [0, 0.1) is 0 Å². The van der Waals surface area contributed by atoms with Crippen LogP contribution in [0.5, 0.6) is 11.5 Å². The van der Waals surface area contributed by atoms with Crippen molar-refractivity contribution in [2.45, 2.75) is 25.5 Å². The number of benzene rings is 1. The number of carboxylic acids is 2. The topological polar surface area (TPSA) is 143 Å². The van der Waals surface area contributed by atoms with E-state index in [1.54, 1.807) is 24.5 Å². The summed E-state index contributed by atoms with van der Waals surface area (Å²) in [5.41, 5.74) is -1.85. The monoisotopic (exact) mass is 430 g/mol. The van der Waals surface area contributed by atoms with Crippen LogP contribution in [-0.4, -0.2) is 63.1 Å². The number of hydrogen-bond acceptors (Lipinski definition) is 7. The van der Waals surface area contributed by atoms with E-state index in [2.05, 4.69) is 4.98 Å². The number of Topliss-reactive ketones (excluding diaryl/α,β-unsaturated/α-hetero) is 1. The van der Waals surface area contributed by atoms with Gasteiger partial charge < -0.3 is 19.7 Å². The van der Waals surface area contributed by atoms with Crippen LogP contribution in [0.1, 0.15) is 18.9 Å². The normalized spacial score (nSPS) is 12.3. The Morgan fingerprint density at radius 1 is 1.03 bits per heavy atom. The molecule has 0 aliphatic heterocycles. The van der Waals surface area contributed by atoms with Gasteiger partial charge in [0.1, 0.15) is 0 Å². The first kappa shape index (κ1) is 23.3. The SMILES string of the molecule is CC(=O)C(Oc1ccccc1OCC(=O)O)(C(=O)O)N(C)C(=O)CCc1ccncc1. The molecule has 1 amide bonds. The molecule has 1 aromatic heterocycles. The molecular weight excluding hydrogens is 408 g/mol. The van der Waals surface area contributed by atoms with Gasteiger partial charge in [0.2, 0.25) is 11.7 Å². The van der Waals surface area contributed by atoms with E-state index < -0.39 is 36.0 Å². The predicted molar refractivity (Wildman–Crippen MR) is 107 cm³/mol. The van der Waals surface area contributed by atoms with Crippen LogP contribution in [0.15, 0.2) is 48.8 Å². The lowest BCUT2D eigenvalue weighted by Gasteiger charge is -2.36. The fourth-order valence-electron chi connectivity index (χ4n) is 2.81. The molecule has 1 aromatic carbocycles. The van der Waals surface area contributed by atoms with Crippen molar-refractivity contribution < 1.29 is 38.9 Å². The summed E-state index contributed by atoms with van der Waals surface area (Å²) in [4.78, 5) is 52.8. The van der Waals surface area contributed by atoms with Crippen molar-refractivity contribution in [2.24, 2.45) is 0 Å². The molecule has 0 aliphatic rings. The first-order valence-corrected chi connectivity index (χ1v) is 9.21. The zero-order valence-corrected chi connectivity index (χ0v) is 17.0. The van der Waals surface area contributed by atoms with E-state index in [4.69, 9.17) is 14.6 Å². The standard InChI is InChI=1S/C21H22N2O8/c1-14(24)21(20(28)29,23(2)18(25)8-7-15-9-11-22-12-10-15)31-17-6-4-3-5-16(17)30-13-19(26)27/h3-6,9-12H,7-8,13H2,1-2H3,(H,26,27)(H,28,29). The summed E-state index contributed by atoms with van der Waals surface area (Å²) >= 11 is 0. The molecule has 10 heteroatoms. The molecule has 1 unspecified atom stereocenters. The Kier molecular flexibility index (Phi) is 7.67. The van der Waals surface area contributed by atoms with E-state index in [1.165, 1.54) is 24.3 Å². The van der Waals surface area contributed by atoms with Crippen LogP contribution >= 0.6 is 0 Å². The van der Waals surface area contributed by atoms with Crippen molar-refractivity contribution in [3.63, 3.8) is 0 Å². The van der Waals surface area contributed by atoms with E-state index in [0.29, 0.717) is 6.42 Å². The Balaban J connectivity index is 2.32. The molecule has 10 nitrogen and oxygen atoms in total. The summed E-state index contributed by atoms with van der Waals surface area (Å²) in [6, 6.07) is 9.11. The van der Waals surface area contributed by atoms with Gasteiger partial charge in [-0.2, -0.15) is 0 Å². The molecular formula is C21H22N2O8. The number of pyridine rings is 1. The Morgan fingerprint density at radius 2 is 1.65 bits per heavy atom. The number of aryl methyl sites for hydroxylation is 1. The predicted octanol–water partition coefficient (Wildman–Crippen LogP) is 1.38. The van der Waals surface area contributed by atoms with Crippen LogP contribution < -0.4 is 9.47 Å². The van der Waals surface area contributed by atoms with Gasteiger partial charge in [-0.1, -0.05) is 12.1 Å². The van der Waals surface area contributed by atoms with Crippen molar-refractivity contribution in [1.82, 2.24) is 9.88 Å². The summed E-state index contributed by atoms with van der Waals surface area (Å²) in [7, 11) is 1.16. The number of ether oxygens (including phenoxy) is 2. The highest BCUT2D eigenvalue weighted by Crippen LogP contribution is 2.32. The van der Waals surface area contributed by atoms with Crippen LogP contribution in [0.25, 0.3) is 0 Å². The van der Waals surface area contributed by atoms with Gasteiger partial charge in [-0.15, -0.1) is 0 Å². The Hall–Kier alpha value is -3.95. The van der Waals surface area contributed by atoms with E-state index in [-0.39, 0.29) is 17.9 Å². The van der Waals surface area contributed by atoms with Crippen LogP contribution in [0.3, 0.4) is 0 Å². The van der Waals surface area contributed by atoms with Crippen molar-refractivity contribution in [3.05, 3.63) is 54.4 Å². The molecule has 2 aromatic rings. The summed E-state index contributed by atoms with van der Waals surface area (Å²) < 4.78 is 10.7. The smallest absolute Gasteiger partial charge is 0.378 e. The Bertz CT molecular complexity index is 947. The van der Waals surface area contributed by atoms with Gasteiger partial charge in [0, 0.05) is 32.8 Å². The number of rotatable bonds is 11. The summed E-state index contributed by atoms with van der Waals surface area (Å²) in [6.07, 6.45) is 3.36. The lowest BCUT2D eigenvalue weighted by atomic mass is 10.1. The van der Waals surface area contributed by atoms with Crippen LogP contribution in [-0.2, 0) is 25.6 Å². The third kappa shape index (κ3) is 5.56. The number of aromatic nitrogens is 1. The van der Waals surface area contributed by atoms with Gasteiger partial charge in [-0.3, -0.25) is 19.5 Å². The number of carbonyl (C=O) groups is 4. The third-order valence-corrected chi connectivity index (χ3v) is 4.45. The zero-order valence-electron chi connectivity index (χ0n) is 17.0. The van der Waals surface area contributed by atoms with E-state index >= 15 is 0 Å². The highest BCUT2D eigenvalue weighted by molar-refractivity contribution is 6.08. The molecule has 0 aliphatic carbocycles. The first-order valence-electron chi connectivity index (χ1n) is 9.21. The molecule has 164 valence electrons. The maximum absolute atomic E-state index is 12.8. The number of carboxylic acid groups (broad SMARTS) is 2. The van der Waals surface area contributed by atoms with E-state index in [1.807, 2.05) is 0 Å². The lowest BCUT2D eigenvalue weighted by Crippen LogP contribution is -2.64. The molecule has 0 bridgehead atoms. The maximum Gasteiger partial charge on any atom is 0.378 e. The van der Waals surface area contributed by atoms with Crippen molar-refractivity contribution in [3.8, 4) is 11.5 Å². The van der Waals surface area contributed by atoms with Gasteiger partial charge in [-0.05, 0) is 36.2 Å². The molecule has 0 radical (unpaired) electrons. The van der Waals surface area contributed by atoms with Crippen LogP contribution in [0.4, 0.5) is 0 Å². The number of likely N-dealkylation sites (N-methyl/N-ethyl adjacent to an activating group) is 1. The highest BCUT2D eigenvalue weighted by Gasteiger charge is 2.53. The maximum atomic E-state index is 12.8. The van der Waals surface area contributed by atoms with Gasteiger partial charge in [-0.25, -0.2) is 9.59 Å². The molecule has 2 N–H and O–H groups in total.